The van der Waals surface area contributed by atoms with E-state index < -0.39 is 0 Å². The summed E-state index contributed by atoms with van der Waals surface area (Å²) in [6.45, 7) is 0. The van der Waals surface area contributed by atoms with Crippen LogP contribution in [0.1, 0.15) is 11.1 Å². The number of ether oxygens (including phenoxy) is 4. The van der Waals surface area contributed by atoms with Gasteiger partial charge in [0.05, 0.1) is 37.5 Å². The van der Waals surface area contributed by atoms with Crippen molar-refractivity contribution in [1.82, 2.24) is 4.98 Å². The van der Waals surface area contributed by atoms with E-state index in [2.05, 4.69) is 4.98 Å². The molecule has 0 saturated heterocycles. The van der Waals surface area contributed by atoms with Crippen molar-refractivity contribution < 1.29 is 18.9 Å². The van der Waals surface area contributed by atoms with Gasteiger partial charge in [0.25, 0.3) is 0 Å². The zero-order valence-electron chi connectivity index (χ0n) is 15.2. The van der Waals surface area contributed by atoms with Gasteiger partial charge in [0, 0.05) is 24.3 Å². The van der Waals surface area contributed by atoms with Crippen molar-refractivity contribution in [3.8, 4) is 46.9 Å². The minimum absolute atomic E-state index is 0.285. The van der Waals surface area contributed by atoms with Crippen LogP contribution in [0, 0.1) is 22.7 Å². The number of pyridine rings is 1. The Hall–Kier alpha value is -4.23. The molecule has 0 aliphatic heterocycles. The molecule has 0 atom stereocenters. The average Bonchev–Trinajstić information content (AvgIpc) is 2.74. The molecule has 3 aromatic rings. The van der Waals surface area contributed by atoms with E-state index in [0.717, 1.165) is 0 Å². The van der Waals surface area contributed by atoms with Crippen molar-refractivity contribution in [1.29, 1.82) is 10.5 Å². The van der Waals surface area contributed by atoms with Crippen molar-refractivity contribution in [2.45, 2.75) is 0 Å². The fraction of sp³-hybridized carbons (Fsp3) is 0.0952. The van der Waals surface area contributed by atoms with Gasteiger partial charge in [0.1, 0.15) is 0 Å². The van der Waals surface area contributed by atoms with Gasteiger partial charge < -0.3 is 18.9 Å². The lowest BCUT2D eigenvalue weighted by Gasteiger charge is -2.12. The molecular weight excluding hydrogens is 358 g/mol. The first-order valence-corrected chi connectivity index (χ1v) is 8.16. The third-order valence-corrected chi connectivity index (χ3v) is 3.71. The molecule has 3 rings (SSSR count). The monoisotopic (exact) mass is 373 g/mol. The summed E-state index contributed by atoms with van der Waals surface area (Å²) in [5.74, 6) is 2.24. The highest BCUT2D eigenvalue weighted by Gasteiger charge is 2.11. The van der Waals surface area contributed by atoms with Crippen molar-refractivity contribution in [3.63, 3.8) is 0 Å². The molecule has 0 radical (unpaired) electrons. The third kappa shape index (κ3) is 4.12. The number of hydrogen-bond donors (Lipinski definition) is 0. The SMILES string of the molecule is COc1cc(C#N)ccc1Oc1cccc(Oc2ccc(C#N)cc2OC)n1. The molecule has 138 valence electrons. The molecular formula is C21H15N3O4. The van der Waals surface area contributed by atoms with E-state index in [0.29, 0.717) is 34.1 Å². The van der Waals surface area contributed by atoms with Crippen LogP contribution in [0.3, 0.4) is 0 Å². The molecule has 28 heavy (non-hydrogen) atoms. The minimum atomic E-state index is 0.285. The van der Waals surface area contributed by atoms with E-state index in [1.165, 1.54) is 14.2 Å². The summed E-state index contributed by atoms with van der Waals surface area (Å²) >= 11 is 0. The minimum Gasteiger partial charge on any atom is -0.493 e. The van der Waals surface area contributed by atoms with E-state index in [1.54, 1.807) is 54.6 Å². The van der Waals surface area contributed by atoms with Gasteiger partial charge in [-0.25, -0.2) is 0 Å². The smallest absolute Gasteiger partial charge is 0.222 e. The first-order valence-electron chi connectivity index (χ1n) is 8.16. The fourth-order valence-corrected chi connectivity index (χ4v) is 2.38. The summed E-state index contributed by atoms with van der Waals surface area (Å²) in [6.07, 6.45) is 0. The average molecular weight is 373 g/mol. The van der Waals surface area contributed by atoms with Crippen LogP contribution in [0.2, 0.25) is 0 Å². The molecule has 0 aliphatic carbocycles. The molecule has 1 aromatic heterocycles. The van der Waals surface area contributed by atoms with E-state index in [1.807, 2.05) is 12.1 Å². The Bertz CT molecular complexity index is 1000. The van der Waals surface area contributed by atoms with Crippen LogP contribution in [0.15, 0.2) is 54.6 Å². The lowest BCUT2D eigenvalue weighted by atomic mass is 10.2. The molecule has 7 heteroatoms. The molecule has 0 spiro atoms. The number of benzene rings is 2. The normalized spacial score (nSPS) is 9.71. The zero-order chi connectivity index (χ0) is 19.9. The Balaban J connectivity index is 1.84. The van der Waals surface area contributed by atoms with Crippen LogP contribution in [-0.2, 0) is 0 Å². The van der Waals surface area contributed by atoms with Crippen molar-refractivity contribution in [3.05, 3.63) is 65.7 Å². The van der Waals surface area contributed by atoms with Crippen molar-refractivity contribution in [2.24, 2.45) is 0 Å². The van der Waals surface area contributed by atoms with E-state index in [4.69, 9.17) is 29.5 Å². The Labute approximate surface area is 161 Å². The van der Waals surface area contributed by atoms with Crippen LogP contribution in [0.5, 0.6) is 34.8 Å². The molecule has 0 bridgehead atoms. The molecule has 0 aliphatic rings. The molecule has 0 amide bonds. The van der Waals surface area contributed by atoms with Crippen LogP contribution in [-0.4, -0.2) is 19.2 Å². The Morgan fingerprint density at radius 1 is 0.679 bits per heavy atom. The van der Waals surface area contributed by atoms with Gasteiger partial charge in [-0.1, -0.05) is 6.07 Å². The second kappa shape index (κ2) is 8.43. The van der Waals surface area contributed by atoms with E-state index in [-0.39, 0.29) is 11.8 Å². The van der Waals surface area contributed by atoms with Crippen molar-refractivity contribution in [2.75, 3.05) is 14.2 Å². The Morgan fingerprint density at radius 3 is 1.54 bits per heavy atom. The highest BCUT2D eigenvalue weighted by atomic mass is 16.5. The number of aromatic nitrogens is 1. The van der Waals surface area contributed by atoms with E-state index >= 15 is 0 Å². The summed E-state index contributed by atoms with van der Waals surface area (Å²) < 4.78 is 22.1. The molecule has 0 unspecified atom stereocenters. The van der Waals surface area contributed by atoms with Gasteiger partial charge in [-0.15, -0.1) is 0 Å². The van der Waals surface area contributed by atoms with Crippen LogP contribution in [0.4, 0.5) is 0 Å². The fourth-order valence-electron chi connectivity index (χ4n) is 2.38. The summed E-state index contributed by atoms with van der Waals surface area (Å²) in [7, 11) is 2.99. The Morgan fingerprint density at radius 2 is 1.14 bits per heavy atom. The lowest BCUT2D eigenvalue weighted by molar-refractivity contribution is 0.361. The zero-order valence-corrected chi connectivity index (χ0v) is 15.2. The molecule has 0 saturated carbocycles. The van der Waals surface area contributed by atoms with Gasteiger partial charge in [-0.05, 0) is 24.3 Å². The molecule has 1 heterocycles. The summed E-state index contributed by atoms with van der Waals surface area (Å²) in [5, 5.41) is 18.0. The van der Waals surface area contributed by atoms with Gasteiger partial charge in [0.2, 0.25) is 11.8 Å². The van der Waals surface area contributed by atoms with Crippen LogP contribution < -0.4 is 18.9 Å². The number of rotatable bonds is 6. The number of hydrogen-bond acceptors (Lipinski definition) is 7. The summed E-state index contributed by atoms with van der Waals surface area (Å²) in [6, 6.07) is 18.8. The maximum Gasteiger partial charge on any atom is 0.222 e. The number of methoxy groups -OCH3 is 2. The largest absolute Gasteiger partial charge is 0.493 e. The first-order chi connectivity index (χ1) is 13.7. The second-order valence-electron chi connectivity index (χ2n) is 5.47. The van der Waals surface area contributed by atoms with Gasteiger partial charge in [-0.3, -0.25) is 0 Å². The maximum absolute atomic E-state index is 8.99. The van der Waals surface area contributed by atoms with Gasteiger partial charge >= 0.3 is 0 Å². The number of nitriles is 2. The topological polar surface area (TPSA) is 97.4 Å². The van der Waals surface area contributed by atoms with Crippen molar-refractivity contribution >= 4 is 0 Å². The predicted molar refractivity (Wildman–Crippen MR) is 99.8 cm³/mol. The summed E-state index contributed by atoms with van der Waals surface area (Å²) in [4.78, 5) is 4.31. The van der Waals surface area contributed by atoms with Gasteiger partial charge in [-0.2, -0.15) is 15.5 Å². The number of nitrogens with zero attached hydrogens (tertiary/aromatic N) is 3. The highest BCUT2D eigenvalue weighted by molar-refractivity contribution is 5.49. The predicted octanol–water partition coefficient (Wildman–Crippen LogP) is 4.43. The molecule has 7 nitrogen and oxygen atoms in total. The first kappa shape index (κ1) is 18.6. The van der Waals surface area contributed by atoms with Gasteiger partial charge in [0.15, 0.2) is 23.0 Å². The second-order valence-corrected chi connectivity index (χ2v) is 5.47. The van der Waals surface area contributed by atoms with E-state index in [9.17, 15) is 0 Å². The highest BCUT2D eigenvalue weighted by Crippen LogP contribution is 2.34. The maximum atomic E-state index is 8.99. The van der Waals surface area contributed by atoms with Crippen LogP contribution in [0.25, 0.3) is 0 Å². The standard InChI is InChI=1S/C21H15N3O4/c1-25-18-10-14(12-22)6-8-16(18)27-20-4-3-5-21(24-20)28-17-9-7-15(13-23)11-19(17)26-2/h3-11H,1-2H3. The molecule has 2 aromatic carbocycles. The lowest BCUT2D eigenvalue weighted by Crippen LogP contribution is -1.96. The molecule has 0 N–H and O–H groups in total. The Kier molecular flexibility index (Phi) is 5.59. The third-order valence-electron chi connectivity index (χ3n) is 3.71. The molecule has 0 fully saturated rings. The summed E-state index contributed by atoms with van der Waals surface area (Å²) in [5.41, 5.74) is 0.921. The quantitative estimate of drug-likeness (QED) is 0.630. The van der Waals surface area contributed by atoms with Crippen LogP contribution >= 0.6 is 0 Å².